The number of pyridine rings is 1. The maximum atomic E-state index is 12.3. The van der Waals surface area contributed by atoms with E-state index < -0.39 is 29.9 Å². The molecule has 0 fully saturated rings. The van der Waals surface area contributed by atoms with Gasteiger partial charge in [0, 0.05) is 5.39 Å². The molecule has 0 saturated heterocycles. The molecule has 0 aliphatic carbocycles. The number of amides is 1. The third kappa shape index (κ3) is 4.01. The SMILES string of the molecule is COc1ccc(Oc2cccc3c(C#N)nc(C(=O)NCC(=O)O)c(O)c23)cc1. The van der Waals surface area contributed by atoms with Crippen LogP contribution in [0.2, 0.25) is 0 Å². The molecule has 1 amide bonds. The summed E-state index contributed by atoms with van der Waals surface area (Å²) in [6.45, 7) is -0.663. The van der Waals surface area contributed by atoms with Crippen LogP contribution in [-0.2, 0) is 4.79 Å². The molecule has 9 nitrogen and oxygen atoms in total. The Labute approximate surface area is 164 Å². The molecule has 0 aliphatic rings. The summed E-state index contributed by atoms with van der Waals surface area (Å²) in [7, 11) is 1.53. The van der Waals surface area contributed by atoms with Crippen LogP contribution < -0.4 is 14.8 Å². The molecule has 0 atom stereocenters. The van der Waals surface area contributed by atoms with Crippen molar-refractivity contribution in [2.45, 2.75) is 0 Å². The van der Waals surface area contributed by atoms with E-state index in [1.54, 1.807) is 42.5 Å². The predicted octanol–water partition coefficient (Wildman–Crippen LogP) is 2.43. The average Bonchev–Trinajstić information content (AvgIpc) is 2.73. The normalized spacial score (nSPS) is 10.2. The number of nitriles is 1. The minimum atomic E-state index is -1.26. The molecule has 1 aromatic heterocycles. The van der Waals surface area contributed by atoms with Crippen LogP contribution in [0.1, 0.15) is 16.2 Å². The smallest absolute Gasteiger partial charge is 0.322 e. The highest BCUT2D eigenvalue weighted by molar-refractivity contribution is 6.05. The lowest BCUT2D eigenvalue weighted by atomic mass is 10.1. The van der Waals surface area contributed by atoms with Gasteiger partial charge in [0.25, 0.3) is 5.91 Å². The van der Waals surface area contributed by atoms with Crippen LogP contribution in [0.4, 0.5) is 0 Å². The summed E-state index contributed by atoms with van der Waals surface area (Å²) in [6.07, 6.45) is 0. The van der Waals surface area contributed by atoms with E-state index in [9.17, 15) is 20.0 Å². The highest BCUT2D eigenvalue weighted by Gasteiger charge is 2.22. The van der Waals surface area contributed by atoms with Gasteiger partial charge in [0.2, 0.25) is 0 Å². The minimum Gasteiger partial charge on any atom is -0.505 e. The topological polar surface area (TPSA) is 142 Å². The van der Waals surface area contributed by atoms with E-state index in [0.717, 1.165) is 0 Å². The van der Waals surface area contributed by atoms with E-state index >= 15 is 0 Å². The van der Waals surface area contributed by atoms with Gasteiger partial charge in [-0.1, -0.05) is 12.1 Å². The molecule has 0 aliphatic heterocycles. The number of carboxylic acids is 1. The summed E-state index contributed by atoms with van der Waals surface area (Å²) < 4.78 is 10.9. The average molecular weight is 393 g/mol. The number of carbonyl (C=O) groups is 2. The number of nitrogens with zero attached hydrogens (tertiary/aromatic N) is 2. The van der Waals surface area contributed by atoms with Crippen molar-refractivity contribution in [1.82, 2.24) is 10.3 Å². The number of hydrogen-bond donors (Lipinski definition) is 3. The van der Waals surface area contributed by atoms with Crippen molar-refractivity contribution in [2.75, 3.05) is 13.7 Å². The number of carbonyl (C=O) groups excluding carboxylic acids is 1. The molecule has 0 bridgehead atoms. The van der Waals surface area contributed by atoms with Gasteiger partial charge in [-0.15, -0.1) is 0 Å². The standard InChI is InChI=1S/C20H15N3O6/c1-28-11-5-7-12(8-6-11)29-15-4-2-3-13-14(9-21)23-18(19(26)17(13)15)20(27)22-10-16(24)25/h2-8,26H,10H2,1H3,(H,22,27)(H,24,25). The van der Waals surface area contributed by atoms with Crippen molar-refractivity contribution in [3.8, 4) is 29.1 Å². The second-order valence-corrected chi connectivity index (χ2v) is 5.80. The molecule has 0 radical (unpaired) electrons. The van der Waals surface area contributed by atoms with Crippen molar-refractivity contribution < 1.29 is 29.3 Å². The first kappa shape index (κ1) is 19.4. The molecule has 1 heterocycles. The van der Waals surface area contributed by atoms with Crippen LogP contribution in [0.5, 0.6) is 23.0 Å². The first-order valence-electron chi connectivity index (χ1n) is 8.32. The summed E-state index contributed by atoms with van der Waals surface area (Å²) >= 11 is 0. The lowest BCUT2D eigenvalue weighted by molar-refractivity contribution is -0.135. The zero-order valence-corrected chi connectivity index (χ0v) is 15.2. The molecule has 3 aromatic rings. The van der Waals surface area contributed by atoms with Crippen LogP contribution in [0.3, 0.4) is 0 Å². The van der Waals surface area contributed by atoms with Crippen LogP contribution in [0, 0.1) is 11.3 Å². The number of aliphatic carboxylic acids is 1. The van der Waals surface area contributed by atoms with E-state index in [2.05, 4.69) is 10.3 Å². The molecule has 0 unspecified atom stereocenters. The van der Waals surface area contributed by atoms with Crippen molar-refractivity contribution in [1.29, 1.82) is 5.26 Å². The summed E-state index contributed by atoms with van der Waals surface area (Å²) in [5.74, 6) is -1.45. The molecule has 3 rings (SSSR count). The Morgan fingerprint density at radius 3 is 2.48 bits per heavy atom. The van der Waals surface area contributed by atoms with Gasteiger partial charge < -0.3 is 25.0 Å². The zero-order chi connectivity index (χ0) is 21.0. The molecule has 0 spiro atoms. The Morgan fingerprint density at radius 2 is 1.86 bits per heavy atom. The number of fused-ring (bicyclic) bond motifs is 1. The Hall–Kier alpha value is -4.32. The van der Waals surface area contributed by atoms with Gasteiger partial charge in [0.1, 0.15) is 35.6 Å². The Bertz CT molecular complexity index is 1140. The summed E-state index contributed by atoms with van der Waals surface area (Å²) in [6, 6.07) is 13.3. The number of ether oxygens (including phenoxy) is 2. The van der Waals surface area contributed by atoms with Gasteiger partial charge in [-0.3, -0.25) is 9.59 Å². The van der Waals surface area contributed by atoms with E-state index in [1.165, 1.54) is 7.11 Å². The summed E-state index contributed by atoms with van der Waals surface area (Å²) in [5, 5.41) is 31.3. The lowest BCUT2D eigenvalue weighted by Crippen LogP contribution is -2.30. The van der Waals surface area contributed by atoms with Crippen molar-refractivity contribution >= 4 is 22.6 Å². The maximum absolute atomic E-state index is 12.3. The van der Waals surface area contributed by atoms with Gasteiger partial charge in [-0.25, -0.2) is 4.98 Å². The quantitative estimate of drug-likeness (QED) is 0.580. The van der Waals surface area contributed by atoms with Crippen LogP contribution in [0.15, 0.2) is 42.5 Å². The van der Waals surface area contributed by atoms with E-state index in [4.69, 9.17) is 14.6 Å². The number of rotatable bonds is 6. The summed E-state index contributed by atoms with van der Waals surface area (Å²) in [5.41, 5.74) is -0.584. The zero-order valence-electron chi connectivity index (χ0n) is 15.2. The fourth-order valence-electron chi connectivity index (χ4n) is 2.66. The van der Waals surface area contributed by atoms with Crippen molar-refractivity contribution in [2.24, 2.45) is 0 Å². The number of nitrogens with one attached hydrogen (secondary N) is 1. The minimum absolute atomic E-state index is 0.107. The second kappa shape index (κ2) is 8.14. The monoisotopic (exact) mass is 393 g/mol. The molecular weight excluding hydrogens is 378 g/mol. The third-order valence-corrected chi connectivity index (χ3v) is 3.97. The number of carboxylic acid groups (broad SMARTS) is 1. The third-order valence-electron chi connectivity index (χ3n) is 3.97. The molecular formula is C20H15N3O6. The van der Waals surface area contributed by atoms with E-state index in [0.29, 0.717) is 11.5 Å². The van der Waals surface area contributed by atoms with Gasteiger partial charge >= 0.3 is 5.97 Å². The van der Waals surface area contributed by atoms with Gasteiger partial charge in [-0.2, -0.15) is 5.26 Å². The van der Waals surface area contributed by atoms with E-state index in [1.807, 2.05) is 6.07 Å². The van der Waals surface area contributed by atoms with E-state index in [-0.39, 0.29) is 22.2 Å². The summed E-state index contributed by atoms with van der Waals surface area (Å²) in [4.78, 5) is 26.8. The second-order valence-electron chi connectivity index (χ2n) is 5.80. The first-order chi connectivity index (χ1) is 13.9. The molecule has 0 saturated carbocycles. The van der Waals surface area contributed by atoms with Crippen molar-refractivity contribution in [3.63, 3.8) is 0 Å². The maximum Gasteiger partial charge on any atom is 0.322 e. The van der Waals surface area contributed by atoms with Crippen LogP contribution in [-0.4, -0.2) is 40.7 Å². The molecule has 3 N–H and O–H groups in total. The Balaban J connectivity index is 2.11. The number of methoxy groups -OCH3 is 1. The first-order valence-corrected chi connectivity index (χ1v) is 8.32. The van der Waals surface area contributed by atoms with Crippen molar-refractivity contribution in [3.05, 3.63) is 53.9 Å². The van der Waals surface area contributed by atoms with Gasteiger partial charge in [-0.05, 0) is 30.3 Å². The number of aromatic nitrogens is 1. The number of hydrogen-bond acceptors (Lipinski definition) is 7. The van der Waals surface area contributed by atoms with Crippen LogP contribution in [0.25, 0.3) is 10.8 Å². The molecule has 2 aromatic carbocycles. The Morgan fingerprint density at radius 1 is 1.17 bits per heavy atom. The molecule has 146 valence electrons. The molecule has 29 heavy (non-hydrogen) atoms. The van der Waals surface area contributed by atoms with Gasteiger partial charge in [0.05, 0.1) is 12.5 Å². The fourth-order valence-corrected chi connectivity index (χ4v) is 2.66. The molecule has 9 heteroatoms. The lowest BCUT2D eigenvalue weighted by Gasteiger charge is -2.13. The Kier molecular flexibility index (Phi) is 5.46. The fraction of sp³-hybridized carbons (Fsp3) is 0.100. The van der Waals surface area contributed by atoms with Crippen LogP contribution >= 0.6 is 0 Å². The number of benzene rings is 2. The highest BCUT2D eigenvalue weighted by Crippen LogP contribution is 2.38. The predicted molar refractivity (Wildman–Crippen MR) is 101 cm³/mol. The highest BCUT2D eigenvalue weighted by atomic mass is 16.5. The number of aromatic hydroxyl groups is 1. The largest absolute Gasteiger partial charge is 0.505 e. The van der Waals surface area contributed by atoms with Gasteiger partial charge in [0.15, 0.2) is 11.4 Å².